The molecule has 1 heterocycles. The molecule has 1 aromatic carbocycles. The monoisotopic (exact) mass is 213 g/mol. The van der Waals surface area contributed by atoms with E-state index in [1.165, 1.54) is 0 Å². The van der Waals surface area contributed by atoms with Gasteiger partial charge in [-0.05, 0) is 6.07 Å². The highest BCUT2D eigenvalue weighted by molar-refractivity contribution is 6.30. The first-order chi connectivity index (χ1) is 6.74. The van der Waals surface area contributed by atoms with Gasteiger partial charge < -0.3 is 15.2 Å². The van der Waals surface area contributed by atoms with E-state index >= 15 is 0 Å². The lowest BCUT2D eigenvalue weighted by Gasteiger charge is -2.09. The van der Waals surface area contributed by atoms with Gasteiger partial charge in [-0.25, -0.2) is 0 Å². The quantitative estimate of drug-likeness (QED) is 0.812. The Bertz CT molecular complexity index is 354. The second kappa shape index (κ2) is 3.67. The van der Waals surface area contributed by atoms with E-state index in [1.807, 2.05) is 6.07 Å². The van der Waals surface area contributed by atoms with E-state index < -0.39 is 0 Å². The fourth-order valence-corrected chi connectivity index (χ4v) is 1.88. The molecule has 0 bridgehead atoms. The molecule has 76 valence electrons. The zero-order valence-corrected chi connectivity index (χ0v) is 8.67. The second-order valence-electron chi connectivity index (χ2n) is 3.28. The third kappa shape index (κ3) is 1.53. The maximum Gasteiger partial charge on any atom is 0.165 e. The highest BCUT2D eigenvalue weighted by Crippen LogP contribution is 2.39. The fraction of sp³-hybridized carbons (Fsp3) is 0.400. The molecule has 2 rings (SSSR count). The molecule has 3 nitrogen and oxygen atoms in total. The zero-order chi connectivity index (χ0) is 10.1. The first-order valence-electron chi connectivity index (χ1n) is 4.47. The molecule has 0 aliphatic carbocycles. The summed E-state index contributed by atoms with van der Waals surface area (Å²) in [6, 6.07) is 3.65. The van der Waals surface area contributed by atoms with Gasteiger partial charge in [0.15, 0.2) is 11.5 Å². The zero-order valence-electron chi connectivity index (χ0n) is 7.92. The molecule has 0 radical (unpaired) electrons. The van der Waals surface area contributed by atoms with Gasteiger partial charge in [0.2, 0.25) is 0 Å². The fourth-order valence-electron chi connectivity index (χ4n) is 1.64. The first-order valence-corrected chi connectivity index (χ1v) is 4.85. The molecule has 0 aromatic heterocycles. The molecular weight excluding hydrogens is 202 g/mol. The number of hydrogen-bond donors (Lipinski definition) is 1. The van der Waals surface area contributed by atoms with Gasteiger partial charge in [0, 0.05) is 29.6 Å². The van der Waals surface area contributed by atoms with Crippen molar-refractivity contribution in [2.45, 2.75) is 12.5 Å². The normalized spacial score (nSPS) is 18.9. The van der Waals surface area contributed by atoms with E-state index in [4.69, 9.17) is 26.8 Å². The number of rotatable bonds is 2. The van der Waals surface area contributed by atoms with Crippen molar-refractivity contribution >= 4 is 11.6 Å². The summed E-state index contributed by atoms with van der Waals surface area (Å²) in [6.07, 6.45) is 0.861. The molecule has 0 amide bonds. The van der Waals surface area contributed by atoms with Crippen LogP contribution in [0.3, 0.4) is 0 Å². The van der Waals surface area contributed by atoms with Gasteiger partial charge >= 0.3 is 0 Å². The molecule has 1 aromatic rings. The van der Waals surface area contributed by atoms with E-state index in [9.17, 15) is 0 Å². The summed E-state index contributed by atoms with van der Waals surface area (Å²) in [5.74, 6) is 1.47. The summed E-state index contributed by atoms with van der Waals surface area (Å²) >= 11 is 5.93. The van der Waals surface area contributed by atoms with Crippen LogP contribution in [0.2, 0.25) is 5.02 Å². The Morgan fingerprint density at radius 3 is 3.07 bits per heavy atom. The molecule has 1 aliphatic heterocycles. The minimum atomic E-state index is 0.0531. The molecule has 14 heavy (non-hydrogen) atoms. The molecule has 1 atom stereocenters. The van der Waals surface area contributed by atoms with E-state index in [0.29, 0.717) is 17.3 Å². The first kappa shape index (κ1) is 9.62. The van der Waals surface area contributed by atoms with Crippen LogP contribution in [0.4, 0.5) is 0 Å². The molecule has 0 saturated carbocycles. The molecule has 1 unspecified atom stereocenters. The third-order valence-electron chi connectivity index (χ3n) is 2.31. The highest BCUT2D eigenvalue weighted by Gasteiger charge is 2.25. The molecule has 0 fully saturated rings. The van der Waals surface area contributed by atoms with E-state index in [1.54, 1.807) is 13.2 Å². The van der Waals surface area contributed by atoms with Gasteiger partial charge in [0.05, 0.1) is 7.11 Å². The smallest absolute Gasteiger partial charge is 0.165 e. The molecule has 2 N–H and O–H groups in total. The number of nitrogens with two attached hydrogens (primary N) is 1. The maximum atomic E-state index is 5.93. The van der Waals surface area contributed by atoms with Crippen molar-refractivity contribution in [3.8, 4) is 11.5 Å². The summed E-state index contributed by atoms with van der Waals surface area (Å²) in [4.78, 5) is 0. The van der Waals surface area contributed by atoms with Crippen molar-refractivity contribution in [1.82, 2.24) is 0 Å². The lowest BCUT2D eigenvalue weighted by Crippen LogP contribution is -2.24. The second-order valence-corrected chi connectivity index (χ2v) is 3.71. The van der Waals surface area contributed by atoms with Crippen molar-refractivity contribution in [3.63, 3.8) is 0 Å². The Balaban J connectivity index is 2.40. The number of methoxy groups -OCH3 is 1. The van der Waals surface area contributed by atoms with Crippen LogP contribution in [0.5, 0.6) is 11.5 Å². The van der Waals surface area contributed by atoms with Gasteiger partial charge in [-0.1, -0.05) is 11.6 Å². The Morgan fingerprint density at radius 2 is 2.43 bits per heavy atom. The number of benzene rings is 1. The summed E-state index contributed by atoms with van der Waals surface area (Å²) in [7, 11) is 1.60. The number of fused-ring (bicyclic) bond motifs is 1. The lowest BCUT2D eigenvalue weighted by molar-refractivity contribution is 0.231. The average Bonchev–Trinajstić information content (AvgIpc) is 2.59. The van der Waals surface area contributed by atoms with Gasteiger partial charge in [-0.3, -0.25) is 0 Å². The van der Waals surface area contributed by atoms with Crippen LogP contribution in [0, 0.1) is 0 Å². The van der Waals surface area contributed by atoms with Crippen molar-refractivity contribution in [2.24, 2.45) is 5.73 Å². The van der Waals surface area contributed by atoms with E-state index in [0.717, 1.165) is 17.7 Å². The van der Waals surface area contributed by atoms with Crippen LogP contribution in [0.15, 0.2) is 12.1 Å². The Morgan fingerprint density at radius 1 is 1.64 bits per heavy atom. The van der Waals surface area contributed by atoms with Gasteiger partial charge in [0.1, 0.15) is 6.10 Å². The summed E-state index contributed by atoms with van der Waals surface area (Å²) in [5.41, 5.74) is 6.62. The summed E-state index contributed by atoms with van der Waals surface area (Å²) in [6.45, 7) is 0.509. The standard InChI is InChI=1S/C10H12ClNO2/c1-13-9-4-7(11)2-6-3-8(5-12)14-10(6)9/h2,4,8H,3,5,12H2,1H3. The molecular formula is C10H12ClNO2. The van der Waals surface area contributed by atoms with Crippen LogP contribution in [-0.2, 0) is 6.42 Å². The predicted molar refractivity (Wildman–Crippen MR) is 55.2 cm³/mol. The molecule has 0 saturated heterocycles. The largest absolute Gasteiger partial charge is 0.493 e. The molecule has 0 spiro atoms. The van der Waals surface area contributed by atoms with Crippen molar-refractivity contribution < 1.29 is 9.47 Å². The minimum absolute atomic E-state index is 0.0531. The van der Waals surface area contributed by atoms with Crippen LogP contribution in [-0.4, -0.2) is 19.8 Å². The molecule has 4 heteroatoms. The molecule has 1 aliphatic rings. The number of ether oxygens (including phenoxy) is 2. The minimum Gasteiger partial charge on any atom is -0.493 e. The van der Waals surface area contributed by atoms with Crippen LogP contribution in [0.1, 0.15) is 5.56 Å². The maximum absolute atomic E-state index is 5.93. The van der Waals surface area contributed by atoms with Crippen LogP contribution in [0.25, 0.3) is 0 Å². The lowest BCUT2D eigenvalue weighted by atomic mass is 10.1. The summed E-state index contributed by atoms with van der Waals surface area (Å²) < 4.78 is 10.8. The predicted octanol–water partition coefficient (Wildman–Crippen LogP) is 1.61. The number of hydrogen-bond acceptors (Lipinski definition) is 3. The third-order valence-corrected chi connectivity index (χ3v) is 2.53. The summed E-state index contributed by atoms with van der Waals surface area (Å²) in [5, 5.41) is 0.668. The Kier molecular flexibility index (Phi) is 2.52. The Hall–Kier alpha value is -0.930. The van der Waals surface area contributed by atoms with Crippen LogP contribution < -0.4 is 15.2 Å². The van der Waals surface area contributed by atoms with Gasteiger partial charge in [0.25, 0.3) is 0 Å². The van der Waals surface area contributed by atoms with E-state index in [2.05, 4.69) is 0 Å². The number of halogens is 1. The SMILES string of the molecule is COc1cc(Cl)cc2c1OC(CN)C2. The van der Waals surface area contributed by atoms with Gasteiger partial charge in [-0.15, -0.1) is 0 Å². The highest BCUT2D eigenvalue weighted by atomic mass is 35.5. The topological polar surface area (TPSA) is 44.5 Å². The average molecular weight is 214 g/mol. The van der Waals surface area contributed by atoms with Crippen molar-refractivity contribution in [1.29, 1.82) is 0 Å². The Labute approximate surface area is 87.8 Å². The van der Waals surface area contributed by atoms with E-state index in [-0.39, 0.29) is 6.10 Å². The van der Waals surface area contributed by atoms with Crippen molar-refractivity contribution in [2.75, 3.05) is 13.7 Å². The van der Waals surface area contributed by atoms with Gasteiger partial charge in [-0.2, -0.15) is 0 Å². The van der Waals surface area contributed by atoms with Crippen molar-refractivity contribution in [3.05, 3.63) is 22.7 Å². The van der Waals surface area contributed by atoms with Crippen LogP contribution >= 0.6 is 11.6 Å².